The number of rotatable bonds is 0. The van der Waals surface area contributed by atoms with E-state index in [0.29, 0.717) is 0 Å². The SMILES string of the molecule is Cc1cc(C)[te]n1.Cc1cc(C)[te]n1.Cc1cc(C)[te]n1.Cc1cc(C)[te]n1.Cc1cc(C)[te]n1.Cc1cc(C)[te]n1. The Morgan fingerprint density at radius 2 is 0.381 bits per heavy atom. The van der Waals surface area contributed by atoms with Crippen LogP contribution in [0.4, 0.5) is 0 Å². The maximum atomic E-state index is 4.27. The third-order valence-electron chi connectivity index (χ3n) is 4.47. The van der Waals surface area contributed by atoms with Crippen LogP contribution in [0.3, 0.4) is 0 Å². The van der Waals surface area contributed by atoms with Gasteiger partial charge in [-0.2, -0.15) is 0 Å². The molecule has 0 aliphatic heterocycles. The fourth-order valence-corrected chi connectivity index (χ4v) is 12.6. The molecule has 6 aromatic heterocycles. The normalized spacial score (nSPS) is 9.43. The number of aromatic nitrogens is 6. The van der Waals surface area contributed by atoms with Crippen molar-refractivity contribution in [2.24, 2.45) is 0 Å². The van der Waals surface area contributed by atoms with Gasteiger partial charge in [-0.1, -0.05) is 0 Å². The summed E-state index contributed by atoms with van der Waals surface area (Å²) in [6.07, 6.45) is 0. The Kier molecular flexibility index (Phi) is 23.1. The Morgan fingerprint density at radius 3 is 0.405 bits per heavy atom. The summed E-state index contributed by atoms with van der Waals surface area (Å²) in [5.74, 6) is 0. The second kappa shape index (κ2) is 23.5. The van der Waals surface area contributed by atoms with Crippen LogP contribution >= 0.6 is 0 Å². The van der Waals surface area contributed by atoms with Crippen molar-refractivity contribution in [3.05, 3.63) is 92.0 Å². The van der Waals surface area contributed by atoms with E-state index < -0.39 is 0 Å². The predicted octanol–water partition coefficient (Wildman–Crippen LogP) is 4.53. The molecule has 6 heterocycles. The van der Waals surface area contributed by atoms with E-state index in [4.69, 9.17) is 0 Å². The zero-order valence-corrected chi connectivity index (χ0v) is 40.6. The van der Waals surface area contributed by atoms with Gasteiger partial charge in [0.1, 0.15) is 0 Å². The predicted molar refractivity (Wildman–Crippen MR) is 184 cm³/mol. The van der Waals surface area contributed by atoms with Crippen molar-refractivity contribution in [3.63, 3.8) is 0 Å². The Morgan fingerprint density at radius 1 is 0.262 bits per heavy atom. The summed E-state index contributed by atoms with van der Waals surface area (Å²) < 4.78 is 34.6. The standard InChI is InChI=1S/6C5H7NTe/c6*1-4-3-5(2)7-6-4/h6*3H,1-2H3. The first-order valence-electron chi connectivity index (χ1n) is 13.1. The Balaban J connectivity index is 0.000000252. The average Bonchev–Trinajstić information content (AvgIpc) is 3.76. The van der Waals surface area contributed by atoms with Crippen LogP contribution < -0.4 is 0 Å². The van der Waals surface area contributed by atoms with Crippen LogP contribution in [0.5, 0.6) is 0 Å². The molecule has 0 amide bonds. The third-order valence-corrected chi connectivity index (χ3v) is 17.9. The summed E-state index contributed by atoms with van der Waals surface area (Å²) in [5, 5.41) is 0. The molecule has 6 rings (SSSR count). The molecule has 0 saturated heterocycles. The van der Waals surface area contributed by atoms with E-state index in [1.165, 1.54) is 55.6 Å². The van der Waals surface area contributed by atoms with Gasteiger partial charge in [0, 0.05) is 0 Å². The molecule has 12 heteroatoms. The third kappa shape index (κ3) is 21.8. The molecule has 0 atom stereocenters. The van der Waals surface area contributed by atoms with Gasteiger partial charge in [-0.3, -0.25) is 0 Å². The van der Waals surface area contributed by atoms with Crippen LogP contribution in [0.25, 0.3) is 0 Å². The van der Waals surface area contributed by atoms with Crippen molar-refractivity contribution in [1.82, 2.24) is 19.2 Å². The minimum absolute atomic E-state index is 0.0634. The molecule has 0 aliphatic rings. The van der Waals surface area contributed by atoms with Crippen LogP contribution in [0, 0.1) is 83.1 Å². The molecule has 0 aliphatic carbocycles. The molecule has 0 unspecified atom stereocenters. The summed E-state index contributed by atoms with van der Waals surface area (Å²) in [6, 6.07) is 13.0. The van der Waals surface area contributed by atoms with Gasteiger partial charge in [-0.05, 0) is 0 Å². The number of aryl methyl sites for hydroxylation is 12. The zero-order chi connectivity index (χ0) is 31.7. The van der Waals surface area contributed by atoms with Crippen LogP contribution in [0.15, 0.2) is 36.4 Å². The van der Waals surface area contributed by atoms with E-state index in [1.807, 2.05) is 0 Å². The van der Waals surface area contributed by atoms with E-state index in [9.17, 15) is 0 Å². The molecule has 42 heavy (non-hydrogen) atoms. The zero-order valence-electron chi connectivity index (χ0n) is 26.6. The van der Waals surface area contributed by atoms with E-state index in [2.05, 4.69) is 139 Å². The van der Waals surface area contributed by atoms with Crippen LogP contribution in [-0.4, -0.2) is 144 Å². The molecule has 6 aromatic rings. The van der Waals surface area contributed by atoms with Gasteiger partial charge in [-0.25, -0.2) is 0 Å². The summed E-state index contributed by atoms with van der Waals surface area (Å²) in [6.45, 7) is 25.3. The topological polar surface area (TPSA) is 77.3 Å². The second-order valence-corrected chi connectivity index (χ2v) is 26.8. The quantitative estimate of drug-likeness (QED) is 0.209. The fraction of sp³-hybridized carbons (Fsp3) is 0.400. The van der Waals surface area contributed by atoms with Gasteiger partial charge in [0.15, 0.2) is 0 Å². The molecule has 0 N–H and O–H groups in total. The molecular weight excluding hydrogens is 1210 g/mol. The van der Waals surface area contributed by atoms with Crippen molar-refractivity contribution in [2.75, 3.05) is 0 Å². The van der Waals surface area contributed by atoms with Gasteiger partial charge in [0.05, 0.1) is 0 Å². The molecule has 0 saturated carbocycles. The number of hydrogen-bond acceptors (Lipinski definition) is 6. The number of hydrogen-bond donors (Lipinski definition) is 0. The van der Waals surface area contributed by atoms with Crippen molar-refractivity contribution >= 4 is 124 Å². The van der Waals surface area contributed by atoms with Crippen molar-refractivity contribution in [3.8, 4) is 0 Å². The minimum atomic E-state index is -0.0634. The van der Waals surface area contributed by atoms with Crippen molar-refractivity contribution in [1.29, 1.82) is 0 Å². The average molecular weight is 1250 g/mol. The maximum absolute atomic E-state index is 4.27. The molecule has 0 radical (unpaired) electrons. The second-order valence-electron chi connectivity index (χ2n) is 9.47. The first-order chi connectivity index (χ1) is 19.7. The Labute approximate surface area is 313 Å². The van der Waals surface area contributed by atoms with Crippen LogP contribution in [0.1, 0.15) is 55.6 Å². The van der Waals surface area contributed by atoms with E-state index in [-0.39, 0.29) is 124 Å². The molecule has 0 bridgehead atoms. The Hall–Kier alpha value is 1.20. The summed E-state index contributed by atoms with van der Waals surface area (Å²) in [5.41, 5.74) is 7.33. The van der Waals surface area contributed by atoms with E-state index in [1.54, 1.807) is 0 Å². The molecular formula is C30H42N6Te6. The first kappa shape index (κ1) is 41.2. The fourth-order valence-electron chi connectivity index (χ4n) is 2.95. The number of nitrogens with zero attached hydrogens (tertiary/aromatic N) is 6. The van der Waals surface area contributed by atoms with Crippen LogP contribution in [0.2, 0.25) is 0 Å². The summed E-state index contributed by atoms with van der Waals surface area (Å²) >= 11 is -0.380. The molecule has 6 nitrogen and oxygen atoms in total. The van der Waals surface area contributed by atoms with Gasteiger partial charge in [-0.15, -0.1) is 0 Å². The van der Waals surface area contributed by atoms with E-state index in [0.717, 1.165) is 0 Å². The monoisotopic (exact) mass is 1270 g/mol. The summed E-state index contributed by atoms with van der Waals surface area (Å²) in [4.78, 5) is 0. The van der Waals surface area contributed by atoms with E-state index >= 15 is 0 Å². The van der Waals surface area contributed by atoms with Crippen molar-refractivity contribution < 1.29 is 0 Å². The van der Waals surface area contributed by atoms with Gasteiger partial charge in [0.25, 0.3) is 0 Å². The van der Waals surface area contributed by atoms with Gasteiger partial charge >= 0.3 is 319 Å². The molecule has 0 spiro atoms. The van der Waals surface area contributed by atoms with Gasteiger partial charge in [0.2, 0.25) is 0 Å². The van der Waals surface area contributed by atoms with Gasteiger partial charge < -0.3 is 0 Å². The summed E-state index contributed by atoms with van der Waals surface area (Å²) in [7, 11) is 0. The Bertz CT molecular complexity index is 1140. The first-order valence-corrected chi connectivity index (χ1v) is 26.4. The van der Waals surface area contributed by atoms with Crippen LogP contribution in [-0.2, 0) is 0 Å². The molecule has 0 fully saturated rings. The molecule has 228 valence electrons. The molecule has 0 aromatic carbocycles. The van der Waals surface area contributed by atoms with Crippen molar-refractivity contribution in [2.45, 2.75) is 83.1 Å².